The highest BCUT2D eigenvalue weighted by Crippen LogP contribution is 2.30. The SMILES string of the molecule is Cc1ccc(C(=O)N(CCO)C2CC2)c(O)c1. The number of aryl methyl sites for hydroxylation is 1. The van der Waals surface area contributed by atoms with Crippen molar-refractivity contribution in [1.29, 1.82) is 0 Å². The van der Waals surface area contributed by atoms with Crippen LogP contribution in [0.15, 0.2) is 18.2 Å². The van der Waals surface area contributed by atoms with Gasteiger partial charge in [-0.15, -0.1) is 0 Å². The number of benzene rings is 1. The molecule has 4 heteroatoms. The lowest BCUT2D eigenvalue weighted by Gasteiger charge is -2.21. The first kappa shape index (κ1) is 11.9. The van der Waals surface area contributed by atoms with Crippen molar-refractivity contribution in [1.82, 2.24) is 4.90 Å². The molecule has 1 saturated carbocycles. The Morgan fingerprint density at radius 1 is 1.47 bits per heavy atom. The molecule has 17 heavy (non-hydrogen) atoms. The molecule has 0 saturated heterocycles. The fraction of sp³-hybridized carbons (Fsp3) is 0.462. The van der Waals surface area contributed by atoms with Crippen LogP contribution in [0.25, 0.3) is 0 Å². The largest absolute Gasteiger partial charge is 0.507 e. The van der Waals surface area contributed by atoms with Crippen molar-refractivity contribution in [3.8, 4) is 5.75 Å². The van der Waals surface area contributed by atoms with Gasteiger partial charge in [0.05, 0.1) is 12.2 Å². The second kappa shape index (κ2) is 4.75. The van der Waals surface area contributed by atoms with Crippen molar-refractivity contribution < 1.29 is 15.0 Å². The predicted octanol–water partition coefficient (Wildman–Crippen LogP) is 1.30. The van der Waals surface area contributed by atoms with E-state index in [1.165, 1.54) is 0 Å². The molecular formula is C13H17NO3. The molecule has 92 valence electrons. The van der Waals surface area contributed by atoms with Crippen molar-refractivity contribution in [2.24, 2.45) is 0 Å². The van der Waals surface area contributed by atoms with Crippen LogP contribution in [0.4, 0.5) is 0 Å². The van der Waals surface area contributed by atoms with Gasteiger partial charge in [-0.3, -0.25) is 4.79 Å². The van der Waals surface area contributed by atoms with Crippen molar-refractivity contribution in [3.05, 3.63) is 29.3 Å². The molecule has 1 aromatic carbocycles. The molecule has 0 unspecified atom stereocenters. The number of phenolic OH excluding ortho intramolecular Hbond substituents is 1. The van der Waals surface area contributed by atoms with Crippen LogP contribution >= 0.6 is 0 Å². The summed E-state index contributed by atoms with van der Waals surface area (Å²) >= 11 is 0. The van der Waals surface area contributed by atoms with Gasteiger partial charge >= 0.3 is 0 Å². The minimum atomic E-state index is -0.195. The van der Waals surface area contributed by atoms with Crippen LogP contribution in [0.2, 0.25) is 0 Å². The van der Waals surface area contributed by atoms with Crippen molar-refractivity contribution in [3.63, 3.8) is 0 Å². The Morgan fingerprint density at radius 2 is 2.18 bits per heavy atom. The molecule has 0 aromatic heterocycles. The summed E-state index contributed by atoms with van der Waals surface area (Å²) in [5.41, 5.74) is 1.23. The quantitative estimate of drug-likeness (QED) is 0.827. The Morgan fingerprint density at radius 3 is 2.71 bits per heavy atom. The molecule has 0 bridgehead atoms. The Balaban J connectivity index is 2.22. The molecule has 2 rings (SSSR count). The number of nitrogens with zero attached hydrogens (tertiary/aromatic N) is 1. The average Bonchev–Trinajstić information content (AvgIpc) is 3.09. The number of carbonyl (C=O) groups excluding carboxylic acids is 1. The Bertz CT molecular complexity index is 427. The number of aliphatic hydroxyl groups is 1. The summed E-state index contributed by atoms with van der Waals surface area (Å²) in [7, 11) is 0. The molecule has 0 heterocycles. The molecule has 1 aliphatic rings. The average molecular weight is 235 g/mol. The van der Waals surface area contributed by atoms with E-state index in [2.05, 4.69) is 0 Å². The van der Waals surface area contributed by atoms with E-state index < -0.39 is 0 Å². The van der Waals surface area contributed by atoms with Crippen LogP contribution in [0.5, 0.6) is 5.75 Å². The van der Waals surface area contributed by atoms with Gasteiger partial charge in [0.15, 0.2) is 0 Å². The van der Waals surface area contributed by atoms with Crippen LogP contribution in [-0.2, 0) is 0 Å². The maximum atomic E-state index is 12.2. The highest BCUT2D eigenvalue weighted by molar-refractivity contribution is 5.97. The number of phenols is 1. The third kappa shape index (κ3) is 2.58. The molecule has 0 atom stereocenters. The number of carbonyl (C=O) groups is 1. The molecule has 1 amide bonds. The molecule has 4 nitrogen and oxygen atoms in total. The Hall–Kier alpha value is -1.55. The van der Waals surface area contributed by atoms with Gasteiger partial charge in [0.1, 0.15) is 5.75 Å². The Labute approximate surface area is 100 Å². The molecule has 0 spiro atoms. The molecule has 2 N–H and O–H groups in total. The smallest absolute Gasteiger partial charge is 0.257 e. The standard InChI is InChI=1S/C13H17NO3/c1-9-2-5-11(12(16)8-9)13(17)14(6-7-15)10-3-4-10/h2,5,8,10,15-16H,3-4,6-7H2,1H3. The summed E-state index contributed by atoms with van der Waals surface area (Å²) in [6.07, 6.45) is 1.97. The van der Waals surface area contributed by atoms with Gasteiger partial charge in [0.25, 0.3) is 5.91 Å². The fourth-order valence-corrected chi connectivity index (χ4v) is 1.92. The minimum absolute atomic E-state index is 0.0126. The molecule has 1 aromatic rings. The zero-order valence-corrected chi connectivity index (χ0v) is 9.89. The number of hydrogen-bond acceptors (Lipinski definition) is 3. The second-order valence-corrected chi connectivity index (χ2v) is 4.47. The normalized spacial score (nSPS) is 14.7. The second-order valence-electron chi connectivity index (χ2n) is 4.47. The molecule has 0 aliphatic heterocycles. The molecule has 0 radical (unpaired) electrons. The molecule has 1 fully saturated rings. The topological polar surface area (TPSA) is 60.8 Å². The van der Waals surface area contributed by atoms with Gasteiger partial charge in [0.2, 0.25) is 0 Å². The maximum absolute atomic E-state index is 12.2. The molecular weight excluding hydrogens is 218 g/mol. The van der Waals surface area contributed by atoms with E-state index in [-0.39, 0.29) is 24.3 Å². The van der Waals surface area contributed by atoms with Gasteiger partial charge in [-0.1, -0.05) is 6.07 Å². The van der Waals surface area contributed by atoms with Crippen molar-refractivity contribution >= 4 is 5.91 Å². The zero-order valence-electron chi connectivity index (χ0n) is 9.89. The summed E-state index contributed by atoms with van der Waals surface area (Å²) in [6, 6.07) is 5.25. The van der Waals surface area contributed by atoms with Crippen LogP contribution < -0.4 is 0 Å². The third-order valence-corrected chi connectivity index (χ3v) is 2.97. The van der Waals surface area contributed by atoms with Crippen LogP contribution in [0, 0.1) is 6.92 Å². The fourth-order valence-electron chi connectivity index (χ4n) is 1.92. The number of amides is 1. The lowest BCUT2D eigenvalue weighted by atomic mass is 10.1. The lowest BCUT2D eigenvalue weighted by molar-refractivity contribution is 0.0704. The van der Waals surface area contributed by atoms with Crippen LogP contribution in [-0.4, -0.2) is 40.2 Å². The van der Waals surface area contributed by atoms with E-state index in [0.717, 1.165) is 18.4 Å². The number of hydrogen-bond donors (Lipinski definition) is 2. The van der Waals surface area contributed by atoms with E-state index in [9.17, 15) is 9.90 Å². The van der Waals surface area contributed by atoms with Gasteiger partial charge in [-0.05, 0) is 37.5 Å². The van der Waals surface area contributed by atoms with Gasteiger partial charge < -0.3 is 15.1 Å². The minimum Gasteiger partial charge on any atom is -0.507 e. The van der Waals surface area contributed by atoms with Crippen LogP contribution in [0.3, 0.4) is 0 Å². The van der Waals surface area contributed by atoms with E-state index in [1.807, 2.05) is 6.92 Å². The number of aromatic hydroxyl groups is 1. The highest BCUT2D eigenvalue weighted by Gasteiger charge is 2.33. The van der Waals surface area contributed by atoms with Crippen molar-refractivity contribution in [2.75, 3.05) is 13.2 Å². The summed E-state index contributed by atoms with van der Waals surface area (Å²) < 4.78 is 0. The summed E-state index contributed by atoms with van der Waals surface area (Å²) in [4.78, 5) is 13.8. The first-order valence-electron chi connectivity index (χ1n) is 5.85. The van der Waals surface area contributed by atoms with Crippen LogP contribution in [0.1, 0.15) is 28.8 Å². The van der Waals surface area contributed by atoms with E-state index in [4.69, 9.17) is 5.11 Å². The summed E-state index contributed by atoms with van der Waals surface area (Å²) in [6.45, 7) is 2.14. The van der Waals surface area contributed by atoms with E-state index in [0.29, 0.717) is 12.1 Å². The van der Waals surface area contributed by atoms with Crippen molar-refractivity contribution in [2.45, 2.75) is 25.8 Å². The van der Waals surface area contributed by atoms with Gasteiger partial charge in [-0.25, -0.2) is 0 Å². The summed E-state index contributed by atoms with van der Waals surface area (Å²) in [5.74, 6) is -0.183. The summed E-state index contributed by atoms with van der Waals surface area (Å²) in [5, 5.41) is 18.7. The third-order valence-electron chi connectivity index (χ3n) is 2.97. The van der Waals surface area contributed by atoms with Gasteiger partial charge in [0, 0.05) is 12.6 Å². The van der Waals surface area contributed by atoms with E-state index in [1.54, 1.807) is 23.1 Å². The number of rotatable bonds is 4. The first-order valence-corrected chi connectivity index (χ1v) is 5.85. The lowest BCUT2D eigenvalue weighted by Crippen LogP contribution is -2.35. The maximum Gasteiger partial charge on any atom is 0.257 e. The zero-order chi connectivity index (χ0) is 12.4. The molecule has 1 aliphatic carbocycles. The Kier molecular flexibility index (Phi) is 3.33. The highest BCUT2D eigenvalue weighted by atomic mass is 16.3. The number of aliphatic hydroxyl groups excluding tert-OH is 1. The first-order chi connectivity index (χ1) is 8.13. The predicted molar refractivity (Wildman–Crippen MR) is 64.0 cm³/mol. The monoisotopic (exact) mass is 235 g/mol. The van der Waals surface area contributed by atoms with E-state index >= 15 is 0 Å². The van der Waals surface area contributed by atoms with Gasteiger partial charge in [-0.2, -0.15) is 0 Å².